The predicted octanol–water partition coefficient (Wildman–Crippen LogP) is 5.46. The first kappa shape index (κ1) is 22.1. The maximum absolute atomic E-state index is 14.0. The molecule has 2 saturated heterocycles. The van der Waals surface area contributed by atoms with Crippen LogP contribution in [0.25, 0.3) is 10.8 Å². The van der Waals surface area contributed by atoms with Crippen molar-refractivity contribution in [2.45, 2.75) is 50.9 Å². The average molecular weight is 443 g/mol. The van der Waals surface area contributed by atoms with E-state index >= 15 is 0 Å². The molecule has 1 unspecified atom stereocenters. The van der Waals surface area contributed by atoms with Crippen molar-refractivity contribution in [2.24, 2.45) is 5.92 Å². The molecule has 4 heteroatoms. The Morgan fingerprint density at radius 1 is 1.06 bits per heavy atom. The van der Waals surface area contributed by atoms with Crippen molar-refractivity contribution in [2.75, 3.05) is 26.3 Å². The number of carbonyl (C=O) groups excluding carboxylic acids is 1. The number of hydrogen-bond donors (Lipinski definition) is 0. The van der Waals surface area contributed by atoms with E-state index in [0.29, 0.717) is 25.0 Å². The van der Waals surface area contributed by atoms with Crippen LogP contribution >= 0.6 is 0 Å². The van der Waals surface area contributed by atoms with E-state index in [1.807, 2.05) is 12.4 Å². The van der Waals surface area contributed by atoms with Gasteiger partial charge in [-0.3, -0.25) is 9.78 Å². The Kier molecular flexibility index (Phi) is 6.45. The van der Waals surface area contributed by atoms with Crippen molar-refractivity contribution >= 4 is 16.7 Å². The highest BCUT2D eigenvalue weighted by Crippen LogP contribution is 2.38. The molecule has 172 valence electrons. The van der Waals surface area contributed by atoms with Gasteiger partial charge in [0.2, 0.25) is 5.91 Å². The minimum absolute atomic E-state index is 0.309. The molecule has 0 spiro atoms. The maximum atomic E-state index is 14.0. The summed E-state index contributed by atoms with van der Waals surface area (Å²) in [5, 5.41) is 2.52. The molecule has 1 atom stereocenters. The molecular formula is C29H34N2O2. The summed E-state index contributed by atoms with van der Waals surface area (Å²) in [7, 11) is 0. The van der Waals surface area contributed by atoms with Gasteiger partial charge in [-0.15, -0.1) is 0 Å². The molecule has 3 heterocycles. The summed E-state index contributed by atoms with van der Waals surface area (Å²) >= 11 is 0. The molecule has 2 aliphatic heterocycles. The number of amides is 1. The first-order chi connectivity index (χ1) is 16.2. The van der Waals surface area contributed by atoms with E-state index in [9.17, 15) is 4.79 Å². The highest BCUT2D eigenvalue weighted by Gasteiger charge is 2.44. The molecule has 0 aliphatic carbocycles. The third kappa shape index (κ3) is 4.54. The fourth-order valence-electron chi connectivity index (χ4n) is 5.82. The van der Waals surface area contributed by atoms with Crippen molar-refractivity contribution in [3.8, 4) is 0 Å². The number of rotatable bonds is 4. The van der Waals surface area contributed by atoms with Crippen LogP contribution in [0.15, 0.2) is 60.9 Å². The van der Waals surface area contributed by atoms with Crippen LogP contribution in [0, 0.1) is 12.8 Å². The van der Waals surface area contributed by atoms with Gasteiger partial charge in [0, 0.05) is 44.1 Å². The lowest BCUT2D eigenvalue weighted by Crippen LogP contribution is -2.50. The first-order valence-corrected chi connectivity index (χ1v) is 12.4. The van der Waals surface area contributed by atoms with Crippen molar-refractivity contribution in [3.05, 3.63) is 77.6 Å². The van der Waals surface area contributed by atoms with Crippen molar-refractivity contribution in [3.63, 3.8) is 0 Å². The molecule has 2 aliphatic rings. The molecule has 0 N–H and O–H groups in total. The Labute approximate surface area is 197 Å². The molecule has 4 nitrogen and oxygen atoms in total. The Hall–Kier alpha value is -2.72. The smallest absolute Gasteiger partial charge is 0.233 e. The second-order valence-corrected chi connectivity index (χ2v) is 9.88. The van der Waals surface area contributed by atoms with Crippen LogP contribution in [0.5, 0.6) is 0 Å². The summed E-state index contributed by atoms with van der Waals surface area (Å²) in [5.41, 5.74) is 3.27. The fourth-order valence-corrected chi connectivity index (χ4v) is 5.82. The number of nitrogens with zero attached hydrogens (tertiary/aromatic N) is 2. The second-order valence-electron chi connectivity index (χ2n) is 9.88. The Morgan fingerprint density at radius 3 is 2.76 bits per heavy atom. The molecule has 33 heavy (non-hydrogen) atoms. The molecule has 2 fully saturated rings. The number of benzene rings is 2. The van der Waals surface area contributed by atoms with Crippen LogP contribution < -0.4 is 0 Å². The van der Waals surface area contributed by atoms with E-state index in [-0.39, 0.29) is 0 Å². The van der Waals surface area contributed by atoms with Crippen LogP contribution in [0.1, 0.15) is 48.8 Å². The lowest BCUT2D eigenvalue weighted by atomic mass is 9.72. The zero-order valence-corrected chi connectivity index (χ0v) is 19.6. The summed E-state index contributed by atoms with van der Waals surface area (Å²) in [6.45, 7) is 5.13. The fraction of sp³-hybridized carbons (Fsp3) is 0.448. The number of carbonyl (C=O) groups is 1. The molecule has 3 aromatic rings. The van der Waals surface area contributed by atoms with Gasteiger partial charge in [0.05, 0.1) is 5.41 Å². The molecule has 0 radical (unpaired) electrons. The zero-order valence-electron chi connectivity index (χ0n) is 19.6. The molecule has 0 bridgehead atoms. The molecule has 5 rings (SSSR count). The van der Waals surface area contributed by atoms with Crippen LogP contribution in [-0.4, -0.2) is 42.1 Å². The number of fused-ring (bicyclic) bond motifs is 1. The van der Waals surface area contributed by atoms with Crippen LogP contribution in [0.4, 0.5) is 0 Å². The lowest BCUT2D eigenvalue weighted by Gasteiger charge is -2.40. The number of likely N-dealkylation sites (tertiary alicyclic amines) is 1. The molecule has 2 aromatic carbocycles. The van der Waals surface area contributed by atoms with Gasteiger partial charge in [-0.05, 0) is 67.9 Å². The van der Waals surface area contributed by atoms with Crippen molar-refractivity contribution in [1.29, 1.82) is 0 Å². The van der Waals surface area contributed by atoms with E-state index in [4.69, 9.17) is 4.74 Å². The SMILES string of the molecule is Cc1cccc(C2(C(=O)N3CCCC(Cc4cncc5ccccc45)CC3)CCOCC2)c1. The Morgan fingerprint density at radius 2 is 1.91 bits per heavy atom. The second kappa shape index (κ2) is 9.64. The standard InChI is InChI=1S/C29H34N2O2/c1-22-6-4-9-26(18-22)29(12-16-33-17-13-29)28(32)31-14-5-7-23(11-15-31)19-25-21-30-20-24-8-2-3-10-27(24)25/h2-4,6,8-10,18,20-21,23H,5,7,11-17,19H2,1H3. The minimum Gasteiger partial charge on any atom is -0.381 e. The van der Waals surface area contributed by atoms with Crippen molar-refractivity contribution < 1.29 is 9.53 Å². The Balaban J connectivity index is 1.33. The maximum Gasteiger partial charge on any atom is 0.233 e. The van der Waals surface area contributed by atoms with Gasteiger partial charge in [-0.1, -0.05) is 54.1 Å². The topological polar surface area (TPSA) is 42.4 Å². The Bertz CT molecular complexity index is 1110. The summed E-state index contributed by atoms with van der Waals surface area (Å²) in [5.74, 6) is 0.892. The molecule has 1 aromatic heterocycles. The number of hydrogen-bond acceptors (Lipinski definition) is 3. The van der Waals surface area contributed by atoms with Gasteiger partial charge in [-0.2, -0.15) is 0 Å². The third-order valence-electron chi connectivity index (χ3n) is 7.72. The molecule has 0 saturated carbocycles. The van der Waals surface area contributed by atoms with Crippen molar-refractivity contribution in [1.82, 2.24) is 9.88 Å². The summed E-state index contributed by atoms with van der Waals surface area (Å²) in [6.07, 6.45) is 9.84. The van der Waals surface area contributed by atoms with Gasteiger partial charge in [-0.25, -0.2) is 0 Å². The van der Waals surface area contributed by atoms with Gasteiger partial charge < -0.3 is 9.64 Å². The third-order valence-corrected chi connectivity index (χ3v) is 7.72. The van der Waals surface area contributed by atoms with E-state index in [2.05, 4.69) is 65.3 Å². The van der Waals surface area contributed by atoms with Gasteiger partial charge in [0.25, 0.3) is 0 Å². The van der Waals surface area contributed by atoms with Gasteiger partial charge >= 0.3 is 0 Å². The minimum atomic E-state index is -0.441. The molecule has 1 amide bonds. The average Bonchev–Trinajstić information content (AvgIpc) is 3.10. The molecular weight excluding hydrogens is 408 g/mol. The van der Waals surface area contributed by atoms with Crippen LogP contribution in [0.2, 0.25) is 0 Å². The number of aromatic nitrogens is 1. The normalized spacial score (nSPS) is 21.0. The van der Waals surface area contributed by atoms with Crippen LogP contribution in [-0.2, 0) is 21.4 Å². The van der Waals surface area contributed by atoms with E-state index < -0.39 is 5.41 Å². The highest BCUT2D eigenvalue weighted by molar-refractivity contribution is 5.88. The predicted molar refractivity (Wildman–Crippen MR) is 132 cm³/mol. The number of aryl methyl sites for hydroxylation is 1. The van der Waals surface area contributed by atoms with E-state index in [0.717, 1.165) is 51.6 Å². The van der Waals surface area contributed by atoms with Crippen LogP contribution in [0.3, 0.4) is 0 Å². The first-order valence-electron chi connectivity index (χ1n) is 12.4. The lowest BCUT2D eigenvalue weighted by molar-refractivity contribution is -0.141. The monoisotopic (exact) mass is 442 g/mol. The number of ether oxygens (including phenoxy) is 1. The zero-order chi connectivity index (χ0) is 22.7. The summed E-state index contributed by atoms with van der Waals surface area (Å²) < 4.78 is 5.68. The number of pyridine rings is 1. The van der Waals surface area contributed by atoms with E-state index in [1.54, 1.807) is 0 Å². The summed E-state index contributed by atoms with van der Waals surface area (Å²) in [6, 6.07) is 17.1. The van der Waals surface area contributed by atoms with E-state index in [1.165, 1.54) is 27.5 Å². The quantitative estimate of drug-likeness (QED) is 0.539. The van der Waals surface area contributed by atoms with Gasteiger partial charge in [0.15, 0.2) is 0 Å². The highest BCUT2D eigenvalue weighted by atomic mass is 16.5. The van der Waals surface area contributed by atoms with Gasteiger partial charge in [0.1, 0.15) is 0 Å². The summed E-state index contributed by atoms with van der Waals surface area (Å²) in [4.78, 5) is 20.7. The largest absolute Gasteiger partial charge is 0.381 e.